The quantitative estimate of drug-likeness (QED) is 0.0728. The van der Waals surface area contributed by atoms with E-state index in [1.807, 2.05) is 0 Å². The zero-order valence-corrected chi connectivity index (χ0v) is 24.6. The average Bonchev–Trinajstić information content (AvgIpc) is 3.30. The molecule has 0 spiro atoms. The highest BCUT2D eigenvalue weighted by molar-refractivity contribution is 5.02. The van der Waals surface area contributed by atoms with Gasteiger partial charge in [0, 0.05) is 25.2 Å². The molecular formula is C26H48N6O13. The fraction of sp³-hybridized carbons (Fsp3) is 0.923. The van der Waals surface area contributed by atoms with E-state index in [1.165, 1.54) is 0 Å². The molecule has 3 heterocycles. The molecule has 260 valence electrons. The highest BCUT2D eigenvalue weighted by Gasteiger charge is 2.54. The van der Waals surface area contributed by atoms with Gasteiger partial charge in [0.1, 0.15) is 73.8 Å². The largest absolute Gasteiger partial charge is 0.389 e. The van der Waals surface area contributed by atoms with Gasteiger partial charge in [0.05, 0.1) is 24.8 Å². The Hall–Kier alpha value is -1.20. The highest BCUT2D eigenvalue weighted by atomic mass is 16.8. The first kappa shape index (κ1) is 36.6. The molecule has 0 aromatic heterocycles. The maximum atomic E-state index is 11.4. The molecule has 7 unspecified atom stereocenters. The van der Waals surface area contributed by atoms with Crippen molar-refractivity contribution in [3.05, 3.63) is 0 Å². The van der Waals surface area contributed by atoms with E-state index >= 15 is 0 Å². The lowest BCUT2D eigenvalue weighted by molar-refractivity contribution is -0.307. The molecule has 3 saturated heterocycles. The number of nitrogens with two attached hydrogens (primary N) is 6. The van der Waals surface area contributed by atoms with Crippen molar-refractivity contribution in [2.75, 3.05) is 26.3 Å². The minimum Gasteiger partial charge on any atom is -0.389 e. The van der Waals surface area contributed by atoms with Crippen LogP contribution in [0.1, 0.15) is 6.42 Å². The molecule has 0 bridgehead atoms. The second-order valence-electron chi connectivity index (χ2n) is 11.8. The Morgan fingerprint density at radius 2 is 1.09 bits per heavy atom. The lowest BCUT2D eigenvalue weighted by Crippen LogP contribution is -2.68. The monoisotopic (exact) mass is 652 g/mol. The summed E-state index contributed by atoms with van der Waals surface area (Å²) in [5, 5.41) is 63.7. The number of hydrogen-bond acceptors (Lipinski definition) is 19. The second-order valence-corrected chi connectivity index (χ2v) is 11.8. The fourth-order valence-electron chi connectivity index (χ4n) is 5.96. The van der Waals surface area contributed by atoms with Gasteiger partial charge in [-0.2, -0.15) is 0 Å². The van der Waals surface area contributed by atoms with Gasteiger partial charge < -0.3 is 98.2 Å². The average molecular weight is 653 g/mol. The van der Waals surface area contributed by atoms with Crippen molar-refractivity contribution in [3.63, 3.8) is 0 Å². The molecule has 4 rings (SSSR count). The van der Waals surface area contributed by atoms with Crippen LogP contribution in [0.15, 0.2) is 0 Å². The summed E-state index contributed by atoms with van der Waals surface area (Å²) in [7, 11) is 0. The third-order valence-corrected chi connectivity index (χ3v) is 8.66. The smallest absolute Gasteiger partial charge is 0.187 e. The molecule has 0 aromatic carbocycles. The summed E-state index contributed by atoms with van der Waals surface area (Å²) < 4.78 is 40.8. The van der Waals surface area contributed by atoms with Crippen LogP contribution in [0, 0.1) is 12.3 Å². The molecule has 45 heavy (non-hydrogen) atoms. The first-order chi connectivity index (χ1) is 21.3. The van der Waals surface area contributed by atoms with Crippen LogP contribution < -0.4 is 34.4 Å². The van der Waals surface area contributed by atoms with Crippen LogP contribution in [0.25, 0.3) is 0 Å². The van der Waals surface area contributed by atoms with Crippen LogP contribution in [-0.4, -0.2) is 173 Å². The number of hydrogen-bond donors (Lipinski definition) is 12. The molecule has 0 aromatic rings. The lowest BCUT2D eigenvalue weighted by Gasteiger charge is -2.47. The topological polar surface area (TPSA) is 342 Å². The summed E-state index contributed by atoms with van der Waals surface area (Å²) in [5.74, 6) is 2.31. The molecule has 18 N–H and O–H groups in total. The molecule has 4 aliphatic rings. The predicted molar refractivity (Wildman–Crippen MR) is 151 cm³/mol. The zero-order chi connectivity index (χ0) is 33.2. The minimum atomic E-state index is -1.57. The molecule has 1 aliphatic carbocycles. The van der Waals surface area contributed by atoms with E-state index in [-0.39, 0.29) is 32.7 Å². The van der Waals surface area contributed by atoms with Crippen molar-refractivity contribution in [3.8, 4) is 12.3 Å². The molecular weight excluding hydrogens is 604 g/mol. The summed E-state index contributed by atoms with van der Waals surface area (Å²) in [5.41, 5.74) is 36.0. The van der Waals surface area contributed by atoms with E-state index in [9.17, 15) is 30.6 Å². The summed E-state index contributed by atoms with van der Waals surface area (Å²) in [6, 6.07) is -4.18. The molecule has 19 heteroatoms. The molecule has 3 aliphatic heterocycles. The molecule has 0 amide bonds. The first-order valence-electron chi connectivity index (χ1n) is 14.8. The Balaban J connectivity index is 1.53. The highest BCUT2D eigenvalue weighted by Crippen LogP contribution is 2.34. The van der Waals surface area contributed by atoms with Gasteiger partial charge in [0.2, 0.25) is 0 Å². The van der Waals surface area contributed by atoms with Crippen LogP contribution in [0.5, 0.6) is 0 Å². The van der Waals surface area contributed by atoms with Crippen molar-refractivity contribution in [2.45, 2.75) is 123 Å². The first-order valence-corrected chi connectivity index (χ1v) is 14.8. The van der Waals surface area contributed by atoms with Crippen LogP contribution in [0.2, 0.25) is 0 Å². The van der Waals surface area contributed by atoms with E-state index in [0.717, 1.165) is 0 Å². The fourth-order valence-corrected chi connectivity index (χ4v) is 5.96. The normalized spacial score (nSPS) is 50.8. The Bertz CT molecular complexity index is 982. The second kappa shape index (κ2) is 15.8. The summed E-state index contributed by atoms with van der Waals surface area (Å²) in [6.45, 7) is -0.595. The van der Waals surface area contributed by atoms with E-state index in [4.69, 9.17) is 74.0 Å². The molecule has 1 saturated carbocycles. The molecule has 0 radical (unpaired) electrons. The minimum absolute atomic E-state index is 0.0922. The summed E-state index contributed by atoms with van der Waals surface area (Å²) in [6.07, 6.45) is -14.2. The van der Waals surface area contributed by atoms with Crippen molar-refractivity contribution in [1.29, 1.82) is 0 Å². The van der Waals surface area contributed by atoms with Gasteiger partial charge in [-0.25, -0.2) is 0 Å². The molecule has 4 fully saturated rings. The predicted octanol–water partition coefficient (Wildman–Crippen LogP) is -8.24. The summed E-state index contributed by atoms with van der Waals surface area (Å²) in [4.78, 5) is 0. The molecule has 19 nitrogen and oxygen atoms in total. The number of ether oxygens (including phenoxy) is 7. The lowest BCUT2D eigenvalue weighted by atomic mass is 9.84. The van der Waals surface area contributed by atoms with Crippen LogP contribution in [-0.2, 0) is 33.2 Å². The van der Waals surface area contributed by atoms with E-state index < -0.39 is 116 Å². The van der Waals surface area contributed by atoms with Crippen LogP contribution in [0.3, 0.4) is 0 Å². The Labute approximate surface area is 259 Å². The molecule has 19 atom stereocenters. The number of rotatable bonds is 11. The Morgan fingerprint density at radius 1 is 0.600 bits per heavy atom. The van der Waals surface area contributed by atoms with Crippen molar-refractivity contribution in [2.24, 2.45) is 34.4 Å². The van der Waals surface area contributed by atoms with Crippen molar-refractivity contribution < 1.29 is 63.8 Å². The van der Waals surface area contributed by atoms with Gasteiger partial charge in [0.25, 0.3) is 0 Å². The van der Waals surface area contributed by atoms with Crippen molar-refractivity contribution >= 4 is 0 Å². The van der Waals surface area contributed by atoms with Gasteiger partial charge in [0.15, 0.2) is 18.9 Å². The van der Waals surface area contributed by atoms with Gasteiger partial charge in [-0.1, -0.05) is 5.92 Å². The zero-order valence-electron chi connectivity index (χ0n) is 24.6. The SMILES string of the molecule is C#CCOC[C@H]1O[C@@H](O[C@@H]2C(O)[C@H](N)CC(N)[C@@H]2O[C@@H]2OC(CN)[C@H](O)[C@H](O)C2N)C(O)[C@H]1O[C@H]1O[C@@H](CN)[C@@H](O)C(O)C1N. The number of terminal acetylenes is 1. The van der Waals surface area contributed by atoms with Gasteiger partial charge in [-0.3, -0.25) is 0 Å². The van der Waals surface area contributed by atoms with E-state index in [1.54, 1.807) is 0 Å². The standard InChI is InChI=1S/C26H48N6O13/c1-2-3-39-7-12-22(44-25-14(32)19(37)17(35)11(6-28)41-25)20(38)26(42-12)45-23-15(33)8(29)4-9(30)21(23)43-24-13(31)18(36)16(34)10(5-27)40-24/h1,8-26,33-38H,3-7,27-32H2/t8-,9?,10?,11+,12-,13?,14?,15?,16+,17-,18-,19?,20?,21+,22+,23-,24+,25-,26+/m1/s1. The van der Waals surface area contributed by atoms with Crippen LogP contribution in [0.4, 0.5) is 0 Å². The third kappa shape index (κ3) is 7.76. The number of aliphatic hydroxyl groups is 6. The maximum absolute atomic E-state index is 11.4. The van der Waals surface area contributed by atoms with Crippen LogP contribution >= 0.6 is 0 Å². The Kier molecular flexibility index (Phi) is 12.9. The van der Waals surface area contributed by atoms with Gasteiger partial charge >= 0.3 is 0 Å². The maximum Gasteiger partial charge on any atom is 0.187 e. The Morgan fingerprint density at radius 3 is 1.60 bits per heavy atom. The third-order valence-electron chi connectivity index (χ3n) is 8.66. The van der Waals surface area contributed by atoms with E-state index in [0.29, 0.717) is 0 Å². The van der Waals surface area contributed by atoms with E-state index in [2.05, 4.69) is 5.92 Å². The number of aliphatic hydroxyl groups excluding tert-OH is 6. The summed E-state index contributed by atoms with van der Waals surface area (Å²) >= 11 is 0. The van der Waals surface area contributed by atoms with Crippen molar-refractivity contribution in [1.82, 2.24) is 0 Å². The van der Waals surface area contributed by atoms with Gasteiger partial charge in [-0.15, -0.1) is 6.42 Å². The van der Waals surface area contributed by atoms with Gasteiger partial charge in [-0.05, 0) is 6.42 Å².